The molecule has 0 aliphatic carbocycles. The summed E-state index contributed by atoms with van der Waals surface area (Å²) >= 11 is 3.36. The lowest BCUT2D eigenvalue weighted by Gasteiger charge is -2.24. The van der Waals surface area contributed by atoms with Crippen molar-refractivity contribution in [3.8, 4) is 5.88 Å². The Labute approximate surface area is 128 Å². The minimum Gasteiger partial charge on any atom is -0.476 e. The quantitative estimate of drug-likeness (QED) is 0.768. The van der Waals surface area contributed by atoms with Crippen LogP contribution in [0.1, 0.15) is 27.2 Å². The highest BCUT2D eigenvalue weighted by Crippen LogP contribution is 2.21. The van der Waals surface area contributed by atoms with Gasteiger partial charge in [-0.15, -0.1) is 5.10 Å². The maximum Gasteiger partial charge on any atom is 0.410 e. The van der Waals surface area contributed by atoms with Crippen LogP contribution >= 0.6 is 15.9 Å². The number of aromatic nitrogens is 2. The molecule has 0 saturated carbocycles. The number of hydrogen-bond acceptors (Lipinski definition) is 4. The lowest BCUT2D eigenvalue weighted by Crippen LogP contribution is -2.35. The van der Waals surface area contributed by atoms with Crippen molar-refractivity contribution in [3.05, 3.63) is 10.7 Å². The van der Waals surface area contributed by atoms with Gasteiger partial charge in [0, 0.05) is 26.8 Å². The minimum absolute atomic E-state index is 0.323. The van der Waals surface area contributed by atoms with Gasteiger partial charge in [-0.3, -0.25) is 4.68 Å². The van der Waals surface area contributed by atoms with E-state index >= 15 is 0 Å². The number of carbonyl (C=O) groups excluding carboxylic acids is 1. The molecule has 0 spiro atoms. The molecule has 20 heavy (non-hydrogen) atoms. The van der Waals surface area contributed by atoms with E-state index in [1.54, 1.807) is 16.6 Å². The van der Waals surface area contributed by atoms with Gasteiger partial charge in [0.25, 0.3) is 0 Å². The summed E-state index contributed by atoms with van der Waals surface area (Å²) in [6.45, 7) is 6.60. The van der Waals surface area contributed by atoms with Crippen LogP contribution < -0.4 is 4.74 Å². The van der Waals surface area contributed by atoms with Crippen molar-refractivity contribution in [2.75, 3.05) is 20.2 Å². The summed E-state index contributed by atoms with van der Waals surface area (Å²) in [7, 11) is 3.54. The molecule has 0 bridgehead atoms. The first kappa shape index (κ1) is 16.8. The Morgan fingerprint density at radius 3 is 2.65 bits per heavy atom. The Balaban J connectivity index is 2.27. The summed E-state index contributed by atoms with van der Waals surface area (Å²) in [6, 6.07) is 0. The van der Waals surface area contributed by atoms with Crippen molar-refractivity contribution in [2.45, 2.75) is 32.8 Å². The Hall–Kier alpha value is -1.24. The number of ether oxygens (including phenoxy) is 2. The first-order valence-electron chi connectivity index (χ1n) is 6.45. The van der Waals surface area contributed by atoms with Gasteiger partial charge in [-0.2, -0.15) is 0 Å². The van der Waals surface area contributed by atoms with E-state index in [2.05, 4.69) is 21.0 Å². The summed E-state index contributed by atoms with van der Waals surface area (Å²) in [6.07, 6.45) is 2.21. The van der Waals surface area contributed by atoms with E-state index in [0.29, 0.717) is 25.5 Å². The topological polar surface area (TPSA) is 56.6 Å². The van der Waals surface area contributed by atoms with Crippen LogP contribution in [-0.4, -0.2) is 46.6 Å². The fourth-order valence-electron chi connectivity index (χ4n) is 1.44. The summed E-state index contributed by atoms with van der Waals surface area (Å²) in [5.41, 5.74) is -0.472. The van der Waals surface area contributed by atoms with Crippen LogP contribution in [-0.2, 0) is 11.8 Å². The Kier molecular flexibility index (Phi) is 5.86. The molecule has 0 atom stereocenters. The van der Waals surface area contributed by atoms with Crippen LogP contribution in [0, 0.1) is 0 Å². The molecule has 1 aromatic heterocycles. The van der Waals surface area contributed by atoms with Crippen molar-refractivity contribution < 1.29 is 14.3 Å². The summed E-state index contributed by atoms with van der Waals surface area (Å²) in [5, 5.41) is 4.15. The molecule has 7 heteroatoms. The average Bonchev–Trinajstić information content (AvgIpc) is 2.60. The van der Waals surface area contributed by atoms with Gasteiger partial charge in [0.15, 0.2) is 0 Å². The second-order valence-corrected chi connectivity index (χ2v) is 6.41. The molecule has 1 rings (SSSR count). The first-order chi connectivity index (χ1) is 9.19. The minimum atomic E-state index is -0.472. The summed E-state index contributed by atoms with van der Waals surface area (Å²) < 4.78 is 13.3. The number of halogens is 1. The highest BCUT2D eigenvalue weighted by molar-refractivity contribution is 9.10. The lowest BCUT2D eigenvalue weighted by atomic mass is 10.2. The number of carbonyl (C=O) groups is 1. The van der Waals surface area contributed by atoms with Crippen molar-refractivity contribution in [2.24, 2.45) is 7.05 Å². The summed E-state index contributed by atoms with van der Waals surface area (Å²) in [4.78, 5) is 13.3. The van der Waals surface area contributed by atoms with Crippen LogP contribution in [0.3, 0.4) is 0 Å². The first-order valence-corrected chi connectivity index (χ1v) is 7.24. The molecule has 0 radical (unpaired) electrons. The molecule has 0 aliphatic heterocycles. The molecular formula is C13H22BrN3O3. The predicted molar refractivity (Wildman–Crippen MR) is 79.9 cm³/mol. The van der Waals surface area contributed by atoms with Gasteiger partial charge < -0.3 is 14.4 Å². The fraction of sp³-hybridized carbons (Fsp3) is 0.692. The predicted octanol–water partition coefficient (Wildman–Crippen LogP) is 2.82. The zero-order valence-corrected chi connectivity index (χ0v) is 14.2. The Morgan fingerprint density at radius 2 is 2.15 bits per heavy atom. The van der Waals surface area contributed by atoms with Crippen LogP contribution in [0.25, 0.3) is 0 Å². The molecule has 0 saturated heterocycles. The highest BCUT2D eigenvalue weighted by Gasteiger charge is 2.19. The standard InChI is InChI=1S/C13H22BrN3O3/c1-13(2,3)20-12(18)16(4)7-6-8-19-11-10(14)9-17(5)15-11/h9H,6-8H2,1-5H3. The van der Waals surface area contributed by atoms with Crippen molar-refractivity contribution in [1.29, 1.82) is 0 Å². The second-order valence-electron chi connectivity index (χ2n) is 5.56. The molecule has 0 fully saturated rings. The smallest absolute Gasteiger partial charge is 0.410 e. The van der Waals surface area contributed by atoms with Gasteiger partial charge in [-0.1, -0.05) is 0 Å². The van der Waals surface area contributed by atoms with Crippen LogP contribution in [0.2, 0.25) is 0 Å². The number of aryl methyl sites for hydroxylation is 1. The van der Waals surface area contributed by atoms with E-state index in [1.807, 2.05) is 34.0 Å². The molecule has 0 unspecified atom stereocenters. The normalized spacial score (nSPS) is 11.3. The van der Waals surface area contributed by atoms with E-state index in [0.717, 1.165) is 4.47 Å². The SMILES string of the molecule is CN(CCCOc1nn(C)cc1Br)C(=O)OC(C)(C)C. The molecule has 0 N–H and O–H groups in total. The molecule has 1 heterocycles. The molecule has 114 valence electrons. The van der Waals surface area contributed by atoms with E-state index in [-0.39, 0.29) is 6.09 Å². The lowest BCUT2D eigenvalue weighted by molar-refractivity contribution is 0.0292. The Bertz CT molecular complexity index is 454. The maximum atomic E-state index is 11.7. The number of hydrogen-bond donors (Lipinski definition) is 0. The van der Waals surface area contributed by atoms with Crippen molar-refractivity contribution in [3.63, 3.8) is 0 Å². The van der Waals surface area contributed by atoms with E-state index in [4.69, 9.17) is 9.47 Å². The molecule has 1 aromatic rings. The molecule has 0 aliphatic rings. The zero-order valence-electron chi connectivity index (χ0n) is 12.6. The molecule has 6 nitrogen and oxygen atoms in total. The average molecular weight is 348 g/mol. The van der Waals surface area contributed by atoms with Gasteiger partial charge in [-0.25, -0.2) is 4.79 Å². The monoisotopic (exact) mass is 347 g/mol. The van der Waals surface area contributed by atoms with E-state index in [9.17, 15) is 4.79 Å². The van der Waals surface area contributed by atoms with Gasteiger partial charge >= 0.3 is 6.09 Å². The van der Waals surface area contributed by atoms with E-state index < -0.39 is 5.60 Å². The Morgan fingerprint density at radius 1 is 1.50 bits per heavy atom. The van der Waals surface area contributed by atoms with Crippen molar-refractivity contribution in [1.82, 2.24) is 14.7 Å². The molecular weight excluding hydrogens is 326 g/mol. The van der Waals surface area contributed by atoms with Crippen molar-refractivity contribution >= 4 is 22.0 Å². The second kappa shape index (κ2) is 6.97. The van der Waals surface area contributed by atoms with Crippen LogP contribution in [0.5, 0.6) is 5.88 Å². The third-order valence-corrected chi connectivity index (χ3v) is 2.88. The van der Waals surface area contributed by atoms with Gasteiger partial charge in [0.2, 0.25) is 5.88 Å². The third kappa shape index (κ3) is 5.81. The number of nitrogens with zero attached hydrogens (tertiary/aromatic N) is 3. The maximum absolute atomic E-state index is 11.7. The molecule has 1 amide bonds. The summed E-state index contributed by atoms with van der Waals surface area (Å²) in [5.74, 6) is 0.562. The van der Waals surface area contributed by atoms with Gasteiger partial charge in [0.05, 0.1) is 11.1 Å². The van der Waals surface area contributed by atoms with Gasteiger partial charge in [-0.05, 0) is 43.1 Å². The van der Waals surface area contributed by atoms with E-state index in [1.165, 1.54) is 0 Å². The molecule has 0 aromatic carbocycles. The largest absolute Gasteiger partial charge is 0.476 e. The highest BCUT2D eigenvalue weighted by atomic mass is 79.9. The third-order valence-electron chi connectivity index (χ3n) is 2.33. The zero-order chi connectivity index (χ0) is 15.3. The van der Waals surface area contributed by atoms with Crippen LogP contribution in [0.4, 0.5) is 4.79 Å². The number of rotatable bonds is 5. The number of amides is 1. The van der Waals surface area contributed by atoms with Crippen LogP contribution in [0.15, 0.2) is 10.7 Å². The van der Waals surface area contributed by atoms with Gasteiger partial charge in [0.1, 0.15) is 5.60 Å². The fourth-order valence-corrected chi connectivity index (χ4v) is 1.93.